The smallest absolute Gasteiger partial charge is 0.227 e. The van der Waals surface area contributed by atoms with E-state index < -0.39 is 0 Å². The van der Waals surface area contributed by atoms with Crippen molar-refractivity contribution in [2.45, 2.75) is 33.1 Å². The van der Waals surface area contributed by atoms with Crippen LogP contribution in [-0.2, 0) is 11.2 Å². The number of amides is 1. The Morgan fingerprint density at radius 2 is 2.00 bits per heavy atom. The SMILES string of the molecule is Cc1[nH]c2ccccc2c1CC(=O)N1CCC(C)CC1. The second-order valence-electron chi connectivity index (χ2n) is 6.01. The van der Waals surface area contributed by atoms with Gasteiger partial charge in [-0.15, -0.1) is 0 Å². The zero-order valence-corrected chi connectivity index (χ0v) is 12.3. The van der Waals surface area contributed by atoms with E-state index in [0.717, 1.165) is 48.6 Å². The van der Waals surface area contributed by atoms with Crippen LogP contribution >= 0.6 is 0 Å². The second kappa shape index (κ2) is 5.31. The highest BCUT2D eigenvalue weighted by molar-refractivity contribution is 5.90. The molecule has 3 rings (SSSR count). The number of likely N-dealkylation sites (tertiary alicyclic amines) is 1. The monoisotopic (exact) mass is 270 g/mol. The van der Waals surface area contributed by atoms with E-state index in [9.17, 15) is 4.79 Å². The number of rotatable bonds is 2. The van der Waals surface area contributed by atoms with Gasteiger partial charge in [-0.3, -0.25) is 4.79 Å². The summed E-state index contributed by atoms with van der Waals surface area (Å²) in [6.07, 6.45) is 2.79. The van der Waals surface area contributed by atoms with E-state index in [2.05, 4.69) is 31.0 Å². The number of piperidine rings is 1. The molecule has 0 spiro atoms. The third-order valence-electron chi connectivity index (χ3n) is 4.49. The number of aromatic amines is 1. The molecule has 1 amide bonds. The molecule has 1 aliphatic rings. The molecule has 2 aromatic rings. The Morgan fingerprint density at radius 1 is 1.30 bits per heavy atom. The van der Waals surface area contributed by atoms with Gasteiger partial charge in [-0.2, -0.15) is 0 Å². The Balaban J connectivity index is 1.79. The Hall–Kier alpha value is -1.77. The third kappa shape index (κ3) is 2.45. The minimum absolute atomic E-state index is 0.268. The van der Waals surface area contributed by atoms with Crippen LogP contribution < -0.4 is 0 Å². The number of para-hydroxylation sites is 1. The summed E-state index contributed by atoms with van der Waals surface area (Å²) in [5.41, 5.74) is 3.40. The van der Waals surface area contributed by atoms with Gasteiger partial charge in [0.15, 0.2) is 0 Å². The fourth-order valence-electron chi connectivity index (χ4n) is 3.08. The number of H-pyrrole nitrogens is 1. The van der Waals surface area contributed by atoms with Gasteiger partial charge in [-0.05, 0) is 37.3 Å². The van der Waals surface area contributed by atoms with Crippen molar-refractivity contribution in [1.82, 2.24) is 9.88 Å². The molecule has 1 aromatic heterocycles. The molecule has 1 saturated heterocycles. The quantitative estimate of drug-likeness (QED) is 0.893. The van der Waals surface area contributed by atoms with Gasteiger partial charge < -0.3 is 9.88 Å². The number of nitrogens with zero attached hydrogens (tertiary/aromatic N) is 1. The van der Waals surface area contributed by atoms with Crippen molar-refractivity contribution in [3.8, 4) is 0 Å². The van der Waals surface area contributed by atoms with Crippen molar-refractivity contribution >= 4 is 16.8 Å². The molecule has 0 aliphatic carbocycles. The number of fused-ring (bicyclic) bond motifs is 1. The maximum Gasteiger partial charge on any atom is 0.227 e. The summed E-state index contributed by atoms with van der Waals surface area (Å²) in [7, 11) is 0. The Kier molecular flexibility index (Phi) is 3.51. The van der Waals surface area contributed by atoms with Crippen molar-refractivity contribution in [1.29, 1.82) is 0 Å². The van der Waals surface area contributed by atoms with Crippen molar-refractivity contribution < 1.29 is 4.79 Å². The molecular weight excluding hydrogens is 248 g/mol. The van der Waals surface area contributed by atoms with E-state index in [1.807, 2.05) is 17.0 Å². The summed E-state index contributed by atoms with van der Waals surface area (Å²) in [6, 6.07) is 8.22. The number of aromatic nitrogens is 1. The minimum atomic E-state index is 0.268. The molecule has 3 heteroatoms. The van der Waals surface area contributed by atoms with Gasteiger partial charge >= 0.3 is 0 Å². The summed E-state index contributed by atoms with van der Waals surface area (Å²) < 4.78 is 0. The molecule has 1 aliphatic heterocycles. The Labute approximate surface area is 120 Å². The molecule has 3 nitrogen and oxygen atoms in total. The normalized spacial score (nSPS) is 16.8. The maximum atomic E-state index is 12.5. The number of benzene rings is 1. The number of hydrogen-bond acceptors (Lipinski definition) is 1. The average Bonchev–Trinajstić information content (AvgIpc) is 2.76. The van der Waals surface area contributed by atoms with Crippen LogP contribution in [-0.4, -0.2) is 28.9 Å². The molecule has 0 radical (unpaired) electrons. The maximum absolute atomic E-state index is 12.5. The lowest BCUT2D eigenvalue weighted by atomic mass is 9.98. The van der Waals surface area contributed by atoms with Gasteiger partial charge in [0, 0.05) is 29.7 Å². The van der Waals surface area contributed by atoms with Gasteiger partial charge in [-0.1, -0.05) is 25.1 Å². The van der Waals surface area contributed by atoms with Crippen LogP contribution in [0, 0.1) is 12.8 Å². The molecule has 0 unspecified atom stereocenters. The molecule has 0 atom stereocenters. The van der Waals surface area contributed by atoms with Crippen LogP contribution in [0.25, 0.3) is 10.9 Å². The fourth-order valence-corrected chi connectivity index (χ4v) is 3.08. The number of carbonyl (C=O) groups excluding carboxylic acids is 1. The van der Waals surface area contributed by atoms with E-state index in [1.54, 1.807) is 0 Å². The Morgan fingerprint density at radius 3 is 2.75 bits per heavy atom. The molecule has 1 N–H and O–H groups in total. The third-order valence-corrected chi connectivity index (χ3v) is 4.49. The van der Waals surface area contributed by atoms with Gasteiger partial charge in [0.05, 0.1) is 6.42 Å². The van der Waals surface area contributed by atoms with E-state index in [0.29, 0.717) is 6.42 Å². The standard InChI is InChI=1S/C17H22N2O/c1-12-7-9-19(10-8-12)17(20)11-15-13(2)18-16-6-4-3-5-14(15)16/h3-6,12,18H,7-11H2,1-2H3. The molecule has 2 heterocycles. The molecule has 106 valence electrons. The average molecular weight is 270 g/mol. The number of hydrogen-bond donors (Lipinski definition) is 1. The van der Waals surface area contributed by atoms with Crippen molar-refractivity contribution in [2.75, 3.05) is 13.1 Å². The number of carbonyl (C=O) groups is 1. The van der Waals surface area contributed by atoms with Crippen LogP contribution in [0.3, 0.4) is 0 Å². The predicted octanol–water partition coefficient (Wildman–Crippen LogP) is 3.28. The van der Waals surface area contributed by atoms with Gasteiger partial charge in [-0.25, -0.2) is 0 Å². The van der Waals surface area contributed by atoms with Crippen LogP contribution in [0.15, 0.2) is 24.3 Å². The molecule has 1 aromatic carbocycles. The molecular formula is C17H22N2O. The van der Waals surface area contributed by atoms with E-state index in [-0.39, 0.29) is 5.91 Å². The minimum Gasteiger partial charge on any atom is -0.358 e. The topological polar surface area (TPSA) is 36.1 Å². The van der Waals surface area contributed by atoms with Gasteiger partial charge in [0.1, 0.15) is 0 Å². The zero-order valence-electron chi connectivity index (χ0n) is 12.3. The van der Waals surface area contributed by atoms with E-state index in [1.165, 1.54) is 5.39 Å². The lowest BCUT2D eigenvalue weighted by Gasteiger charge is -2.30. The fraction of sp³-hybridized carbons (Fsp3) is 0.471. The highest BCUT2D eigenvalue weighted by atomic mass is 16.2. The first-order chi connectivity index (χ1) is 9.65. The second-order valence-corrected chi connectivity index (χ2v) is 6.01. The van der Waals surface area contributed by atoms with Crippen molar-refractivity contribution in [2.24, 2.45) is 5.92 Å². The van der Waals surface area contributed by atoms with Gasteiger partial charge in [0.25, 0.3) is 0 Å². The Bertz CT molecular complexity index is 621. The molecule has 0 bridgehead atoms. The van der Waals surface area contributed by atoms with Gasteiger partial charge in [0.2, 0.25) is 5.91 Å². The largest absolute Gasteiger partial charge is 0.358 e. The highest BCUT2D eigenvalue weighted by Gasteiger charge is 2.21. The summed E-state index contributed by atoms with van der Waals surface area (Å²) in [4.78, 5) is 17.9. The van der Waals surface area contributed by atoms with Crippen molar-refractivity contribution in [3.05, 3.63) is 35.5 Å². The number of aryl methyl sites for hydroxylation is 1. The predicted molar refractivity (Wildman–Crippen MR) is 81.7 cm³/mol. The molecule has 0 saturated carbocycles. The van der Waals surface area contributed by atoms with Crippen LogP contribution in [0.2, 0.25) is 0 Å². The highest BCUT2D eigenvalue weighted by Crippen LogP contribution is 2.24. The lowest BCUT2D eigenvalue weighted by molar-refractivity contribution is -0.131. The van der Waals surface area contributed by atoms with Crippen LogP contribution in [0.4, 0.5) is 0 Å². The first-order valence-corrected chi connectivity index (χ1v) is 7.49. The van der Waals surface area contributed by atoms with Crippen LogP contribution in [0.1, 0.15) is 31.0 Å². The first-order valence-electron chi connectivity index (χ1n) is 7.49. The summed E-state index contributed by atoms with van der Waals surface area (Å²) in [5, 5.41) is 1.18. The van der Waals surface area contributed by atoms with Crippen molar-refractivity contribution in [3.63, 3.8) is 0 Å². The lowest BCUT2D eigenvalue weighted by Crippen LogP contribution is -2.38. The van der Waals surface area contributed by atoms with Crippen LogP contribution in [0.5, 0.6) is 0 Å². The summed E-state index contributed by atoms with van der Waals surface area (Å²) in [5.74, 6) is 1.03. The first kappa shape index (κ1) is 13.2. The summed E-state index contributed by atoms with van der Waals surface area (Å²) >= 11 is 0. The summed E-state index contributed by atoms with van der Waals surface area (Å²) in [6.45, 7) is 6.16. The van der Waals surface area contributed by atoms with E-state index in [4.69, 9.17) is 0 Å². The molecule has 20 heavy (non-hydrogen) atoms. The van der Waals surface area contributed by atoms with E-state index >= 15 is 0 Å². The number of nitrogens with one attached hydrogen (secondary N) is 1. The zero-order chi connectivity index (χ0) is 14.1. The molecule has 1 fully saturated rings.